The Kier molecular flexibility index (Phi) is 5.54. The Balaban J connectivity index is 1.45. The molecule has 0 aliphatic heterocycles. The summed E-state index contributed by atoms with van der Waals surface area (Å²) in [5, 5.41) is 3.82. The van der Waals surface area contributed by atoms with Gasteiger partial charge < -0.3 is 9.47 Å². The topological polar surface area (TPSA) is 35.5 Å². The van der Waals surface area contributed by atoms with Gasteiger partial charge in [0.25, 0.3) is 0 Å². The highest BCUT2D eigenvalue weighted by Gasteiger charge is 2.23. The molecule has 0 atom stereocenters. The predicted octanol–water partition coefficient (Wildman–Crippen LogP) is 7.55. The van der Waals surface area contributed by atoms with Crippen LogP contribution in [0.1, 0.15) is 35.3 Å². The van der Waals surface area contributed by atoms with Crippen molar-refractivity contribution in [2.45, 2.75) is 19.3 Å². The third-order valence-corrected chi connectivity index (χ3v) is 6.57. The quantitative estimate of drug-likeness (QED) is 0.159. The van der Waals surface area contributed by atoms with Gasteiger partial charge in [0.1, 0.15) is 11.5 Å². The summed E-state index contributed by atoms with van der Waals surface area (Å²) in [6, 6.07) is 33.8. The minimum Gasteiger partial charge on any atom is -0.497 e. The molecule has 168 valence electrons. The summed E-state index contributed by atoms with van der Waals surface area (Å²) in [6.45, 7) is 4.36. The summed E-state index contributed by atoms with van der Waals surface area (Å²) in [6.07, 6.45) is 0. The molecule has 0 saturated carbocycles. The van der Waals surface area contributed by atoms with Crippen molar-refractivity contribution in [3.63, 3.8) is 0 Å². The summed E-state index contributed by atoms with van der Waals surface area (Å²) in [7, 11) is 1.67. The monoisotopic (exact) mass is 446 g/mol. The lowest BCUT2D eigenvalue weighted by atomic mass is 9.78. The van der Waals surface area contributed by atoms with E-state index < -0.39 is 0 Å². The van der Waals surface area contributed by atoms with Gasteiger partial charge in [-0.2, -0.15) is 0 Å². The van der Waals surface area contributed by atoms with Gasteiger partial charge in [-0.15, -0.1) is 0 Å². The van der Waals surface area contributed by atoms with E-state index in [-0.39, 0.29) is 11.4 Å². The van der Waals surface area contributed by atoms with Crippen LogP contribution in [0.25, 0.3) is 21.5 Å². The van der Waals surface area contributed by atoms with Gasteiger partial charge in [-0.1, -0.05) is 86.6 Å². The van der Waals surface area contributed by atoms with Crippen LogP contribution >= 0.6 is 0 Å². The number of benzene rings is 5. The number of esters is 1. The predicted molar refractivity (Wildman–Crippen MR) is 138 cm³/mol. The number of fused-ring (bicyclic) bond motifs is 2. The molecule has 0 unspecified atom stereocenters. The van der Waals surface area contributed by atoms with Crippen molar-refractivity contribution in [3.8, 4) is 11.5 Å². The van der Waals surface area contributed by atoms with Gasteiger partial charge in [-0.3, -0.25) is 0 Å². The molecule has 3 nitrogen and oxygen atoms in total. The molecule has 0 aliphatic rings. The van der Waals surface area contributed by atoms with E-state index in [0.717, 1.165) is 32.9 Å². The first-order valence-corrected chi connectivity index (χ1v) is 11.3. The number of methoxy groups -OCH3 is 1. The number of carbonyl (C=O) groups is 1. The van der Waals surface area contributed by atoms with Crippen molar-refractivity contribution in [3.05, 3.63) is 120 Å². The standard InChI is InChI=1S/C31H26O3/c1-31(2,23-12-16-25(33-3)17-13-23)24-14-18-26(19-15-24)34-30(32)29-27-10-6-4-8-21(27)20-22-9-5-7-11-28(22)29/h4-20H,1-3H3. The normalized spacial score (nSPS) is 11.5. The lowest BCUT2D eigenvalue weighted by Gasteiger charge is -2.26. The first-order valence-electron chi connectivity index (χ1n) is 11.3. The molecule has 0 spiro atoms. The fraction of sp³-hybridized carbons (Fsp3) is 0.129. The SMILES string of the molecule is COc1ccc(C(C)(C)c2ccc(OC(=O)c3c4ccccc4cc4ccccc34)cc2)cc1. The lowest BCUT2D eigenvalue weighted by molar-refractivity contribution is 0.0739. The summed E-state index contributed by atoms with van der Waals surface area (Å²) in [5.41, 5.74) is 2.70. The highest BCUT2D eigenvalue weighted by atomic mass is 16.5. The Labute approximate surface area is 199 Å². The van der Waals surface area contributed by atoms with Gasteiger partial charge in [0.2, 0.25) is 0 Å². The summed E-state index contributed by atoms with van der Waals surface area (Å²) < 4.78 is 11.1. The Morgan fingerprint density at radius 2 is 1.12 bits per heavy atom. The van der Waals surface area contributed by atoms with E-state index in [2.05, 4.69) is 32.0 Å². The zero-order valence-corrected chi connectivity index (χ0v) is 19.5. The maximum absolute atomic E-state index is 13.4. The van der Waals surface area contributed by atoms with Crippen LogP contribution in [0.15, 0.2) is 103 Å². The van der Waals surface area contributed by atoms with Crippen LogP contribution in [0, 0.1) is 0 Å². The van der Waals surface area contributed by atoms with Gasteiger partial charge in [-0.05, 0) is 63.0 Å². The number of hydrogen-bond donors (Lipinski definition) is 0. The van der Waals surface area contributed by atoms with E-state index in [4.69, 9.17) is 9.47 Å². The van der Waals surface area contributed by atoms with E-state index in [1.807, 2.05) is 84.9 Å². The van der Waals surface area contributed by atoms with Gasteiger partial charge in [0.05, 0.1) is 12.7 Å². The number of ether oxygens (including phenoxy) is 2. The second-order valence-electron chi connectivity index (χ2n) is 8.96. The number of hydrogen-bond acceptors (Lipinski definition) is 3. The molecule has 0 radical (unpaired) electrons. The molecule has 0 amide bonds. The van der Waals surface area contributed by atoms with E-state index in [0.29, 0.717) is 11.3 Å². The van der Waals surface area contributed by atoms with Crippen LogP contribution in [0.3, 0.4) is 0 Å². The first-order chi connectivity index (χ1) is 16.5. The molecule has 3 heteroatoms. The van der Waals surface area contributed by atoms with Crippen molar-refractivity contribution in [2.24, 2.45) is 0 Å². The van der Waals surface area contributed by atoms with E-state index in [1.165, 1.54) is 5.56 Å². The Morgan fingerprint density at radius 1 is 0.647 bits per heavy atom. The highest BCUT2D eigenvalue weighted by Crippen LogP contribution is 2.34. The second-order valence-corrected chi connectivity index (χ2v) is 8.96. The molecule has 34 heavy (non-hydrogen) atoms. The lowest BCUT2D eigenvalue weighted by Crippen LogP contribution is -2.18. The minimum atomic E-state index is -0.352. The van der Waals surface area contributed by atoms with Crippen molar-refractivity contribution < 1.29 is 14.3 Å². The molecule has 0 aromatic heterocycles. The molecule has 0 bridgehead atoms. The van der Waals surface area contributed by atoms with Crippen LogP contribution in [0.4, 0.5) is 0 Å². The first kappa shape index (κ1) is 21.7. The largest absolute Gasteiger partial charge is 0.497 e. The number of rotatable bonds is 5. The van der Waals surface area contributed by atoms with Gasteiger partial charge in [-0.25, -0.2) is 4.79 Å². The van der Waals surface area contributed by atoms with E-state index in [1.54, 1.807) is 7.11 Å². The fourth-order valence-electron chi connectivity index (χ4n) is 4.51. The maximum atomic E-state index is 13.4. The third kappa shape index (κ3) is 3.90. The van der Waals surface area contributed by atoms with Crippen LogP contribution in [0.2, 0.25) is 0 Å². The summed E-state index contributed by atoms with van der Waals surface area (Å²) in [4.78, 5) is 13.4. The molecule has 0 N–H and O–H groups in total. The fourth-order valence-corrected chi connectivity index (χ4v) is 4.51. The van der Waals surface area contributed by atoms with E-state index >= 15 is 0 Å². The zero-order chi connectivity index (χ0) is 23.7. The molecule has 5 aromatic carbocycles. The molecule has 5 rings (SSSR count). The smallest absolute Gasteiger partial charge is 0.344 e. The van der Waals surface area contributed by atoms with Gasteiger partial charge in [0, 0.05) is 5.41 Å². The van der Waals surface area contributed by atoms with Crippen LogP contribution in [-0.4, -0.2) is 13.1 Å². The highest BCUT2D eigenvalue weighted by molar-refractivity contribution is 6.17. The third-order valence-electron chi connectivity index (χ3n) is 6.57. The molecule has 5 aromatic rings. The van der Waals surface area contributed by atoms with Crippen LogP contribution in [0.5, 0.6) is 11.5 Å². The number of carbonyl (C=O) groups excluding carboxylic acids is 1. The zero-order valence-electron chi connectivity index (χ0n) is 19.5. The Morgan fingerprint density at radius 3 is 1.62 bits per heavy atom. The second kappa shape index (κ2) is 8.68. The Bertz CT molecular complexity index is 1430. The van der Waals surface area contributed by atoms with Crippen molar-refractivity contribution in [1.29, 1.82) is 0 Å². The molecule has 0 aliphatic carbocycles. The summed E-state index contributed by atoms with van der Waals surface area (Å²) >= 11 is 0. The van der Waals surface area contributed by atoms with Gasteiger partial charge >= 0.3 is 5.97 Å². The molecule has 0 saturated heterocycles. The molecular weight excluding hydrogens is 420 g/mol. The molecule has 0 heterocycles. The maximum Gasteiger partial charge on any atom is 0.344 e. The van der Waals surface area contributed by atoms with Crippen molar-refractivity contribution in [1.82, 2.24) is 0 Å². The van der Waals surface area contributed by atoms with Crippen molar-refractivity contribution in [2.75, 3.05) is 7.11 Å². The Hall–Kier alpha value is -4.11. The molecule has 0 fully saturated rings. The average molecular weight is 447 g/mol. The molecular formula is C31H26O3. The average Bonchev–Trinajstić information content (AvgIpc) is 2.87. The minimum absolute atomic E-state index is 0.208. The van der Waals surface area contributed by atoms with Gasteiger partial charge in [0.15, 0.2) is 0 Å². The van der Waals surface area contributed by atoms with Crippen LogP contribution in [-0.2, 0) is 5.41 Å². The van der Waals surface area contributed by atoms with Crippen molar-refractivity contribution >= 4 is 27.5 Å². The van der Waals surface area contributed by atoms with Crippen LogP contribution < -0.4 is 9.47 Å². The van der Waals surface area contributed by atoms with E-state index in [9.17, 15) is 4.79 Å². The summed E-state index contributed by atoms with van der Waals surface area (Å²) in [5.74, 6) is 1.01.